The summed E-state index contributed by atoms with van der Waals surface area (Å²) in [5.74, 6) is 0. The van der Waals surface area contributed by atoms with Gasteiger partial charge in [-0.25, -0.2) is 0 Å². The normalized spacial score (nSPS) is 11.8. The molecule has 222 valence electrons. The van der Waals surface area contributed by atoms with Crippen molar-refractivity contribution in [3.8, 4) is 33.4 Å². The third-order valence-electron chi connectivity index (χ3n) is 10.2. The number of hydrogen-bond donors (Lipinski definition) is 0. The molecule has 0 aliphatic heterocycles. The lowest BCUT2D eigenvalue weighted by molar-refractivity contribution is 1.58. The lowest BCUT2D eigenvalue weighted by Gasteiger charge is -2.15. The molecule has 0 radical (unpaired) electrons. The SMILES string of the molecule is c1ccc(-c2cc(-c3ccc4c(ccc5c6ccccc6ccc45)c3)cc(-c3ccc4c5ccccc5c5ccccc5c4c3)c2)cc1. The van der Waals surface area contributed by atoms with Gasteiger partial charge in [-0.3, -0.25) is 0 Å². The maximum atomic E-state index is 2.40. The van der Waals surface area contributed by atoms with Crippen LogP contribution in [-0.2, 0) is 0 Å². The first-order chi connectivity index (χ1) is 23.8. The average Bonchev–Trinajstić information content (AvgIpc) is 3.17. The Hall–Kier alpha value is -6.24. The molecule has 0 saturated carbocycles. The van der Waals surface area contributed by atoms with Crippen LogP contribution in [0, 0.1) is 0 Å². The Bertz CT molecular complexity index is 2840. The van der Waals surface area contributed by atoms with E-state index in [1.807, 2.05) is 0 Å². The van der Waals surface area contributed by atoms with Gasteiger partial charge in [-0.05, 0) is 128 Å². The maximum Gasteiger partial charge on any atom is -0.00928 e. The minimum Gasteiger partial charge on any atom is -0.0622 e. The van der Waals surface area contributed by atoms with Gasteiger partial charge in [-0.2, -0.15) is 0 Å². The molecule has 0 aromatic heterocycles. The molecule has 0 amide bonds. The molecule has 10 rings (SSSR count). The van der Waals surface area contributed by atoms with Crippen molar-refractivity contribution in [2.45, 2.75) is 0 Å². The second-order valence-corrected chi connectivity index (χ2v) is 12.9. The zero-order chi connectivity index (χ0) is 31.6. The molecule has 0 fully saturated rings. The monoisotopic (exact) mass is 606 g/mol. The summed E-state index contributed by atoms with van der Waals surface area (Å²) in [4.78, 5) is 0. The highest BCUT2D eigenvalue weighted by Gasteiger charge is 2.13. The van der Waals surface area contributed by atoms with Gasteiger partial charge in [-0.15, -0.1) is 0 Å². The van der Waals surface area contributed by atoms with Gasteiger partial charge in [0.2, 0.25) is 0 Å². The fourth-order valence-electron chi connectivity index (χ4n) is 7.85. The highest BCUT2D eigenvalue weighted by Crippen LogP contribution is 2.40. The summed E-state index contributed by atoms with van der Waals surface area (Å²) in [6.07, 6.45) is 0. The first-order valence-corrected chi connectivity index (χ1v) is 16.7. The van der Waals surface area contributed by atoms with Gasteiger partial charge < -0.3 is 0 Å². The van der Waals surface area contributed by atoms with Crippen molar-refractivity contribution in [3.05, 3.63) is 182 Å². The van der Waals surface area contributed by atoms with Crippen molar-refractivity contribution in [1.29, 1.82) is 0 Å². The van der Waals surface area contributed by atoms with Crippen LogP contribution in [0.4, 0.5) is 0 Å². The minimum atomic E-state index is 1.22. The van der Waals surface area contributed by atoms with E-state index in [1.54, 1.807) is 0 Å². The number of hydrogen-bond acceptors (Lipinski definition) is 0. The number of benzene rings is 10. The molecule has 48 heavy (non-hydrogen) atoms. The molecule has 0 atom stereocenters. The van der Waals surface area contributed by atoms with Crippen LogP contribution in [0.1, 0.15) is 0 Å². The molecule has 0 bridgehead atoms. The van der Waals surface area contributed by atoms with E-state index in [0.717, 1.165) is 0 Å². The fourth-order valence-corrected chi connectivity index (χ4v) is 7.85. The molecule has 0 aliphatic carbocycles. The molecule has 0 saturated heterocycles. The van der Waals surface area contributed by atoms with Gasteiger partial charge in [0.25, 0.3) is 0 Å². The Morgan fingerprint density at radius 3 is 1.21 bits per heavy atom. The summed E-state index contributed by atoms with van der Waals surface area (Å²) < 4.78 is 0. The van der Waals surface area contributed by atoms with E-state index in [4.69, 9.17) is 0 Å². The Morgan fingerprint density at radius 2 is 0.562 bits per heavy atom. The van der Waals surface area contributed by atoms with Crippen LogP contribution in [0.3, 0.4) is 0 Å². The van der Waals surface area contributed by atoms with E-state index in [9.17, 15) is 0 Å². The van der Waals surface area contributed by atoms with E-state index in [-0.39, 0.29) is 0 Å². The zero-order valence-corrected chi connectivity index (χ0v) is 26.3. The maximum absolute atomic E-state index is 2.40. The van der Waals surface area contributed by atoms with Crippen LogP contribution in [0.15, 0.2) is 182 Å². The number of fused-ring (bicyclic) bond motifs is 11. The molecular formula is C48H30. The van der Waals surface area contributed by atoms with Crippen LogP contribution in [0.2, 0.25) is 0 Å². The summed E-state index contributed by atoms with van der Waals surface area (Å²) in [6.45, 7) is 0. The molecule has 0 nitrogen and oxygen atoms in total. The Balaban J connectivity index is 1.18. The minimum absolute atomic E-state index is 1.22. The molecule has 10 aromatic rings. The molecule has 0 spiro atoms. The summed E-state index contributed by atoms with van der Waals surface area (Å²) in [5, 5.41) is 15.5. The third-order valence-corrected chi connectivity index (χ3v) is 10.2. The van der Waals surface area contributed by atoms with Crippen LogP contribution in [0.25, 0.3) is 98.0 Å². The smallest absolute Gasteiger partial charge is 0.00928 e. The Labute approximate surface area is 279 Å². The first kappa shape index (κ1) is 26.9. The average molecular weight is 607 g/mol. The summed E-state index contributed by atoms with van der Waals surface area (Å²) in [5.41, 5.74) is 7.32. The topological polar surface area (TPSA) is 0 Å². The van der Waals surface area contributed by atoms with Crippen molar-refractivity contribution < 1.29 is 0 Å². The van der Waals surface area contributed by atoms with Crippen molar-refractivity contribution in [1.82, 2.24) is 0 Å². The van der Waals surface area contributed by atoms with Gasteiger partial charge in [-0.1, -0.05) is 152 Å². The van der Waals surface area contributed by atoms with E-state index >= 15 is 0 Å². The number of rotatable bonds is 3. The second-order valence-electron chi connectivity index (χ2n) is 12.9. The van der Waals surface area contributed by atoms with Gasteiger partial charge in [0.05, 0.1) is 0 Å². The van der Waals surface area contributed by atoms with Crippen LogP contribution in [0.5, 0.6) is 0 Å². The van der Waals surface area contributed by atoms with Gasteiger partial charge in [0.1, 0.15) is 0 Å². The largest absolute Gasteiger partial charge is 0.0622 e. The standard InChI is InChI=1S/C48H30/c1-2-10-31(11-3-1)36-27-37(33-19-22-40-35(26-33)21-25-45-39-13-5-4-12-32(39)18-23-46(40)45)29-38(28-36)34-20-24-47-43-16-7-6-14-41(43)42-15-8-9-17-44(42)48(47)30-34/h1-30H. The van der Waals surface area contributed by atoms with Crippen LogP contribution < -0.4 is 0 Å². The predicted octanol–water partition coefficient (Wildman–Crippen LogP) is 13.6. The zero-order valence-electron chi connectivity index (χ0n) is 26.3. The van der Waals surface area contributed by atoms with E-state index in [0.29, 0.717) is 0 Å². The molecule has 0 heteroatoms. The lowest BCUT2D eigenvalue weighted by Crippen LogP contribution is -1.88. The van der Waals surface area contributed by atoms with Crippen LogP contribution >= 0.6 is 0 Å². The van der Waals surface area contributed by atoms with E-state index < -0.39 is 0 Å². The quantitative estimate of drug-likeness (QED) is 0.176. The molecule has 10 aromatic carbocycles. The van der Waals surface area contributed by atoms with Gasteiger partial charge in [0, 0.05) is 0 Å². The molecule has 0 heterocycles. The van der Waals surface area contributed by atoms with Crippen molar-refractivity contribution in [3.63, 3.8) is 0 Å². The third kappa shape index (κ3) is 4.24. The molecule has 0 aliphatic rings. The molecule has 0 unspecified atom stereocenters. The van der Waals surface area contributed by atoms with Gasteiger partial charge in [0.15, 0.2) is 0 Å². The summed E-state index contributed by atoms with van der Waals surface area (Å²) in [7, 11) is 0. The highest BCUT2D eigenvalue weighted by atomic mass is 14.2. The van der Waals surface area contributed by atoms with Crippen molar-refractivity contribution in [2.24, 2.45) is 0 Å². The summed E-state index contributed by atoms with van der Waals surface area (Å²) in [6, 6.07) is 67.2. The lowest BCUT2D eigenvalue weighted by atomic mass is 9.89. The predicted molar refractivity (Wildman–Crippen MR) is 208 cm³/mol. The van der Waals surface area contributed by atoms with Gasteiger partial charge >= 0.3 is 0 Å². The highest BCUT2D eigenvalue weighted by molar-refractivity contribution is 6.26. The first-order valence-electron chi connectivity index (χ1n) is 16.7. The Morgan fingerprint density at radius 1 is 0.167 bits per heavy atom. The fraction of sp³-hybridized carbons (Fsp3) is 0. The van der Waals surface area contributed by atoms with Crippen LogP contribution in [-0.4, -0.2) is 0 Å². The summed E-state index contributed by atoms with van der Waals surface area (Å²) >= 11 is 0. The van der Waals surface area contributed by atoms with E-state index in [1.165, 1.54) is 98.0 Å². The Kier molecular flexibility index (Phi) is 5.98. The second kappa shape index (κ2) is 10.7. The molecule has 0 N–H and O–H groups in total. The van der Waals surface area contributed by atoms with Crippen molar-refractivity contribution in [2.75, 3.05) is 0 Å². The molecular weight excluding hydrogens is 577 g/mol. The van der Waals surface area contributed by atoms with Crippen molar-refractivity contribution >= 4 is 64.6 Å². The van der Waals surface area contributed by atoms with E-state index in [2.05, 4.69) is 182 Å².